The molecule has 0 saturated heterocycles. The van der Waals surface area contributed by atoms with E-state index in [9.17, 15) is 13.2 Å². The van der Waals surface area contributed by atoms with Gasteiger partial charge in [0.25, 0.3) is 5.91 Å². The molecule has 21 heavy (non-hydrogen) atoms. The maximum absolute atomic E-state index is 12.1. The summed E-state index contributed by atoms with van der Waals surface area (Å²) in [7, 11) is -3.42. The number of carbonyl (C=O) groups is 1. The van der Waals surface area contributed by atoms with E-state index < -0.39 is 9.84 Å². The summed E-state index contributed by atoms with van der Waals surface area (Å²) >= 11 is 0. The number of carbonyl (C=O) groups excluding carboxylic acids is 1. The predicted molar refractivity (Wildman–Crippen MR) is 82.0 cm³/mol. The molecule has 0 unspecified atom stereocenters. The molecule has 0 aliphatic heterocycles. The van der Waals surface area contributed by atoms with Gasteiger partial charge in [0.15, 0.2) is 9.84 Å². The first-order chi connectivity index (χ1) is 9.98. The number of hydrogen-bond donors (Lipinski definition) is 1. The standard InChI is InChI=1S/C16H17NO3S/c1-21(19,20)15-10-6-5-9-14(15)16(18)17-12-11-13-7-3-2-4-8-13/h2-10H,11-12H2,1H3,(H,17,18). The molecule has 0 spiro atoms. The molecule has 1 amide bonds. The molecule has 0 aliphatic rings. The van der Waals surface area contributed by atoms with Gasteiger partial charge in [0.2, 0.25) is 0 Å². The molecule has 0 saturated carbocycles. The quantitative estimate of drug-likeness (QED) is 0.919. The second-order valence-electron chi connectivity index (χ2n) is 4.76. The molecule has 0 aliphatic carbocycles. The van der Waals surface area contributed by atoms with Crippen molar-refractivity contribution in [3.05, 3.63) is 65.7 Å². The highest BCUT2D eigenvalue weighted by molar-refractivity contribution is 7.90. The van der Waals surface area contributed by atoms with Crippen molar-refractivity contribution in [1.29, 1.82) is 0 Å². The Morgan fingerprint density at radius 3 is 2.29 bits per heavy atom. The van der Waals surface area contributed by atoms with Crippen LogP contribution in [0.25, 0.3) is 0 Å². The van der Waals surface area contributed by atoms with E-state index in [2.05, 4.69) is 5.32 Å². The van der Waals surface area contributed by atoms with Gasteiger partial charge in [-0.15, -0.1) is 0 Å². The highest BCUT2D eigenvalue weighted by Gasteiger charge is 2.17. The molecule has 2 aromatic rings. The summed E-state index contributed by atoms with van der Waals surface area (Å²) in [4.78, 5) is 12.2. The van der Waals surface area contributed by atoms with Crippen LogP contribution in [0.2, 0.25) is 0 Å². The van der Waals surface area contributed by atoms with Gasteiger partial charge in [0.05, 0.1) is 10.5 Å². The number of amides is 1. The Morgan fingerprint density at radius 2 is 1.62 bits per heavy atom. The SMILES string of the molecule is CS(=O)(=O)c1ccccc1C(=O)NCCc1ccccc1. The van der Waals surface area contributed by atoms with Crippen LogP contribution in [0.5, 0.6) is 0 Å². The summed E-state index contributed by atoms with van der Waals surface area (Å²) in [6.45, 7) is 0.459. The van der Waals surface area contributed by atoms with Crippen LogP contribution in [0.15, 0.2) is 59.5 Å². The summed E-state index contributed by atoms with van der Waals surface area (Å²) in [6.07, 6.45) is 1.80. The van der Waals surface area contributed by atoms with E-state index in [1.54, 1.807) is 12.1 Å². The van der Waals surface area contributed by atoms with Gasteiger partial charge in [-0.05, 0) is 24.1 Å². The number of rotatable bonds is 5. The molecule has 4 nitrogen and oxygen atoms in total. The number of sulfone groups is 1. The van der Waals surface area contributed by atoms with E-state index in [-0.39, 0.29) is 16.4 Å². The molecule has 0 atom stereocenters. The Labute approximate surface area is 124 Å². The van der Waals surface area contributed by atoms with Crippen LogP contribution in [0.3, 0.4) is 0 Å². The van der Waals surface area contributed by atoms with Gasteiger partial charge < -0.3 is 5.32 Å². The lowest BCUT2D eigenvalue weighted by molar-refractivity contribution is 0.0951. The van der Waals surface area contributed by atoms with Crippen molar-refractivity contribution in [3.8, 4) is 0 Å². The van der Waals surface area contributed by atoms with E-state index in [1.807, 2.05) is 30.3 Å². The van der Waals surface area contributed by atoms with Gasteiger partial charge in [0.1, 0.15) is 0 Å². The summed E-state index contributed by atoms with van der Waals surface area (Å²) in [6, 6.07) is 16.0. The van der Waals surface area contributed by atoms with Crippen molar-refractivity contribution in [3.63, 3.8) is 0 Å². The van der Waals surface area contributed by atoms with Gasteiger partial charge in [-0.3, -0.25) is 4.79 Å². The second-order valence-corrected chi connectivity index (χ2v) is 6.74. The van der Waals surface area contributed by atoms with Crippen molar-refractivity contribution >= 4 is 15.7 Å². The van der Waals surface area contributed by atoms with Crippen LogP contribution in [0.4, 0.5) is 0 Å². The lowest BCUT2D eigenvalue weighted by atomic mass is 10.1. The average molecular weight is 303 g/mol. The Morgan fingerprint density at radius 1 is 1.00 bits per heavy atom. The third-order valence-corrected chi connectivity index (χ3v) is 4.23. The minimum absolute atomic E-state index is 0.0576. The van der Waals surface area contributed by atoms with Crippen molar-refractivity contribution in [1.82, 2.24) is 5.32 Å². The largest absolute Gasteiger partial charge is 0.352 e. The lowest BCUT2D eigenvalue weighted by Crippen LogP contribution is -2.27. The third-order valence-electron chi connectivity index (χ3n) is 3.07. The first kappa shape index (κ1) is 15.3. The van der Waals surface area contributed by atoms with Crippen molar-refractivity contribution in [2.45, 2.75) is 11.3 Å². The fourth-order valence-electron chi connectivity index (χ4n) is 2.04. The van der Waals surface area contributed by atoms with Crippen LogP contribution in [0.1, 0.15) is 15.9 Å². The lowest BCUT2D eigenvalue weighted by Gasteiger charge is -2.09. The van der Waals surface area contributed by atoms with Gasteiger partial charge >= 0.3 is 0 Å². The molecule has 0 heterocycles. The molecule has 0 fully saturated rings. The molecule has 2 rings (SSSR count). The predicted octanol–water partition coefficient (Wildman–Crippen LogP) is 2.06. The zero-order chi connectivity index (χ0) is 15.3. The maximum Gasteiger partial charge on any atom is 0.252 e. The Bertz CT molecular complexity index is 724. The molecule has 0 aromatic heterocycles. The van der Waals surface area contributed by atoms with E-state index in [0.717, 1.165) is 11.8 Å². The molecule has 5 heteroatoms. The molecule has 0 bridgehead atoms. The zero-order valence-corrected chi connectivity index (χ0v) is 12.6. The van der Waals surface area contributed by atoms with Gasteiger partial charge in [-0.1, -0.05) is 42.5 Å². The normalized spacial score (nSPS) is 11.1. The smallest absolute Gasteiger partial charge is 0.252 e. The van der Waals surface area contributed by atoms with Gasteiger partial charge in [0, 0.05) is 12.8 Å². The van der Waals surface area contributed by atoms with Gasteiger partial charge in [-0.25, -0.2) is 8.42 Å². The fourth-order valence-corrected chi connectivity index (χ4v) is 2.92. The van der Waals surface area contributed by atoms with E-state index in [4.69, 9.17) is 0 Å². The summed E-state index contributed by atoms with van der Waals surface area (Å²) in [5.74, 6) is -0.369. The highest BCUT2D eigenvalue weighted by Crippen LogP contribution is 2.15. The van der Waals surface area contributed by atoms with Crippen molar-refractivity contribution in [2.24, 2.45) is 0 Å². The van der Waals surface area contributed by atoms with Crippen molar-refractivity contribution in [2.75, 3.05) is 12.8 Å². The number of benzene rings is 2. The fraction of sp³-hybridized carbons (Fsp3) is 0.188. The zero-order valence-electron chi connectivity index (χ0n) is 11.7. The van der Waals surface area contributed by atoms with Crippen LogP contribution in [0, 0.1) is 0 Å². The summed E-state index contributed by atoms with van der Waals surface area (Å²) < 4.78 is 23.3. The van der Waals surface area contributed by atoms with Crippen LogP contribution >= 0.6 is 0 Å². The number of hydrogen-bond acceptors (Lipinski definition) is 3. The topological polar surface area (TPSA) is 63.2 Å². The average Bonchev–Trinajstić information content (AvgIpc) is 2.47. The van der Waals surface area contributed by atoms with Crippen LogP contribution in [-0.2, 0) is 16.3 Å². The van der Waals surface area contributed by atoms with Crippen molar-refractivity contribution < 1.29 is 13.2 Å². The minimum Gasteiger partial charge on any atom is -0.352 e. The summed E-state index contributed by atoms with van der Waals surface area (Å²) in [5, 5.41) is 2.76. The molecule has 2 aromatic carbocycles. The van der Waals surface area contributed by atoms with E-state index in [0.29, 0.717) is 13.0 Å². The monoisotopic (exact) mass is 303 g/mol. The minimum atomic E-state index is -3.42. The van der Waals surface area contributed by atoms with E-state index >= 15 is 0 Å². The Kier molecular flexibility index (Phi) is 4.75. The van der Waals surface area contributed by atoms with Gasteiger partial charge in [-0.2, -0.15) is 0 Å². The van der Waals surface area contributed by atoms with Crippen LogP contribution in [-0.4, -0.2) is 27.1 Å². The highest BCUT2D eigenvalue weighted by atomic mass is 32.2. The van der Waals surface area contributed by atoms with Crippen LogP contribution < -0.4 is 5.32 Å². The third kappa shape index (κ3) is 4.16. The first-order valence-corrected chi connectivity index (χ1v) is 8.49. The Balaban J connectivity index is 2.05. The molecule has 0 radical (unpaired) electrons. The number of nitrogens with one attached hydrogen (secondary N) is 1. The molecular weight excluding hydrogens is 286 g/mol. The van der Waals surface area contributed by atoms with E-state index in [1.165, 1.54) is 12.1 Å². The summed E-state index contributed by atoms with van der Waals surface area (Å²) in [5.41, 5.74) is 1.31. The second kappa shape index (κ2) is 6.54. The maximum atomic E-state index is 12.1. The Hall–Kier alpha value is -2.14. The molecule has 1 N–H and O–H groups in total. The molecular formula is C16H17NO3S. The first-order valence-electron chi connectivity index (χ1n) is 6.59. The molecule has 110 valence electrons.